The van der Waals surface area contributed by atoms with Gasteiger partial charge in [0, 0.05) is 29.0 Å². The van der Waals surface area contributed by atoms with Crippen molar-refractivity contribution in [2.24, 2.45) is 5.41 Å². The van der Waals surface area contributed by atoms with Crippen molar-refractivity contribution in [1.29, 1.82) is 0 Å². The summed E-state index contributed by atoms with van der Waals surface area (Å²) in [5, 5.41) is 3.67. The summed E-state index contributed by atoms with van der Waals surface area (Å²) in [6, 6.07) is 5.96. The van der Waals surface area contributed by atoms with Crippen LogP contribution in [-0.4, -0.2) is 49.2 Å². The van der Waals surface area contributed by atoms with Gasteiger partial charge in [-0.05, 0) is 52.9 Å². The largest absolute Gasteiger partial charge is 0.493 e. The zero-order chi connectivity index (χ0) is 26.3. The van der Waals surface area contributed by atoms with Gasteiger partial charge < -0.3 is 19.7 Å². The van der Waals surface area contributed by atoms with E-state index in [2.05, 4.69) is 20.2 Å². The molecule has 2 aromatic carbocycles. The van der Waals surface area contributed by atoms with Crippen LogP contribution in [-0.2, 0) is 6.18 Å². The Hall–Kier alpha value is -3.14. The third-order valence-electron chi connectivity index (χ3n) is 6.39. The van der Waals surface area contributed by atoms with Crippen LogP contribution in [0.2, 0.25) is 0 Å². The van der Waals surface area contributed by atoms with Crippen molar-refractivity contribution in [3.05, 3.63) is 53.1 Å². The zero-order valence-electron chi connectivity index (χ0n) is 21.0. The summed E-state index contributed by atoms with van der Waals surface area (Å²) >= 11 is 0. The number of hydrogen-bond donors (Lipinski definition) is 1. The Labute approximate surface area is 207 Å². The summed E-state index contributed by atoms with van der Waals surface area (Å²) in [5.74, 6) is 0.540. The number of anilines is 1. The second kappa shape index (κ2) is 9.72. The smallest absolute Gasteiger partial charge is 0.419 e. The van der Waals surface area contributed by atoms with Gasteiger partial charge in [0.05, 0.1) is 30.8 Å². The lowest BCUT2D eigenvalue weighted by molar-refractivity contribution is -0.140. The summed E-state index contributed by atoms with van der Waals surface area (Å²) in [5.41, 5.74) is -0.743. The Balaban J connectivity index is 1.67. The van der Waals surface area contributed by atoms with E-state index in [1.54, 1.807) is 33.1 Å². The minimum Gasteiger partial charge on any atom is -0.493 e. The van der Waals surface area contributed by atoms with Crippen LogP contribution in [0.15, 0.2) is 30.3 Å². The highest BCUT2D eigenvalue weighted by Crippen LogP contribution is 2.47. The highest BCUT2D eigenvalue weighted by atomic mass is 19.4. The predicted octanol–water partition coefficient (Wildman–Crippen LogP) is 6.00. The zero-order valence-corrected chi connectivity index (χ0v) is 21.0. The van der Waals surface area contributed by atoms with Gasteiger partial charge in [0.15, 0.2) is 11.5 Å². The first-order valence-electron chi connectivity index (χ1n) is 11.7. The molecule has 1 atom stereocenters. The van der Waals surface area contributed by atoms with Crippen molar-refractivity contribution in [2.45, 2.75) is 38.9 Å². The molecular weight excluding hydrogens is 476 g/mol. The molecule has 0 amide bonds. The molecule has 0 radical (unpaired) electrons. The molecule has 0 bridgehead atoms. The molecule has 10 heteroatoms. The Bertz CT molecular complexity index is 1260. The number of fused-ring (bicyclic) bond motifs is 1. The molecule has 1 aliphatic rings. The predicted molar refractivity (Wildman–Crippen MR) is 130 cm³/mol. The van der Waals surface area contributed by atoms with E-state index in [9.17, 15) is 17.6 Å². The summed E-state index contributed by atoms with van der Waals surface area (Å²) in [4.78, 5) is 11.1. The van der Waals surface area contributed by atoms with E-state index < -0.39 is 23.6 Å². The maximum absolute atomic E-state index is 14.8. The van der Waals surface area contributed by atoms with Crippen LogP contribution in [0.4, 0.5) is 23.4 Å². The molecule has 0 spiro atoms. The maximum Gasteiger partial charge on any atom is 0.419 e. The van der Waals surface area contributed by atoms with Crippen molar-refractivity contribution in [1.82, 2.24) is 14.9 Å². The molecule has 0 unspecified atom stereocenters. The van der Waals surface area contributed by atoms with E-state index in [4.69, 9.17) is 9.47 Å². The summed E-state index contributed by atoms with van der Waals surface area (Å²) in [6.45, 7) is 4.72. The monoisotopic (exact) mass is 506 g/mol. The number of nitrogens with one attached hydrogen (secondary N) is 1. The van der Waals surface area contributed by atoms with Gasteiger partial charge >= 0.3 is 6.18 Å². The summed E-state index contributed by atoms with van der Waals surface area (Å²) < 4.78 is 66.1. The average Bonchev–Trinajstić information content (AvgIpc) is 3.55. The van der Waals surface area contributed by atoms with Gasteiger partial charge in [-0.2, -0.15) is 13.2 Å². The van der Waals surface area contributed by atoms with Gasteiger partial charge in [0.25, 0.3) is 0 Å². The van der Waals surface area contributed by atoms with Crippen LogP contribution in [0.25, 0.3) is 10.9 Å². The summed E-state index contributed by atoms with van der Waals surface area (Å²) in [6.07, 6.45) is -2.63. The molecule has 1 aliphatic carbocycles. The van der Waals surface area contributed by atoms with E-state index >= 15 is 0 Å². The van der Waals surface area contributed by atoms with Crippen molar-refractivity contribution in [3.8, 4) is 11.5 Å². The average molecular weight is 507 g/mol. The molecule has 1 N–H and O–H groups in total. The van der Waals surface area contributed by atoms with Gasteiger partial charge in [-0.25, -0.2) is 14.4 Å². The molecule has 1 fully saturated rings. The fourth-order valence-corrected chi connectivity index (χ4v) is 4.45. The van der Waals surface area contributed by atoms with Crippen molar-refractivity contribution < 1.29 is 27.0 Å². The lowest BCUT2D eigenvalue weighted by Crippen LogP contribution is -2.27. The maximum atomic E-state index is 14.8. The van der Waals surface area contributed by atoms with Crippen molar-refractivity contribution in [3.63, 3.8) is 0 Å². The minimum absolute atomic E-state index is 0.101. The molecule has 36 heavy (non-hydrogen) atoms. The first-order chi connectivity index (χ1) is 16.9. The van der Waals surface area contributed by atoms with Crippen LogP contribution in [0.5, 0.6) is 11.5 Å². The van der Waals surface area contributed by atoms with Crippen molar-refractivity contribution >= 4 is 16.7 Å². The van der Waals surface area contributed by atoms with E-state index in [-0.39, 0.29) is 11.0 Å². The fraction of sp³-hybridized carbons (Fsp3) is 0.462. The second-order valence-corrected chi connectivity index (χ2v) is 9.74. The number of alkyl halides is 3. The number of nitrogens with zero attached hydrogens (tertiary/aromatic N) is 3. The number of hydrogen-bond acceptors (Lipinski definition) is 6. The van der Waals surface area contributed by atoms with Crippen LogP contribution < -0.4 is 14.8 Å². The normalized spacial score (nSPS) is 15.7. The van der Waals surface area contributed by atoms with Crippen LogP contribution >= 0.6 is 0 Å². The van der Waals surface area contributed by atoms with Gasteiger partial charge in [0.1, 0.15) is 17.5 Å². The number of aromatic nitrogens is 2. The fourth-order valence-electron chi connectivity index (χ4n) is 4.45. The topological polar surface area (TPSA) is 59.5 Å². The van der Waals surface area contributed by atoms with E-state index in [0.29, 0.717) is 40.7 Å². The molecule has 4 rings (SSSR count). The van der Waals surface area contributed by atoms with Gasteiger partial charge in [-0.3, -0.25) is 0 Å². The number of halogens is 4. The van der Waals surface area contributed by atoms with E-state index in [0.717, 1.165) is 25.5 Å². The molecule has 1 heterocycles. The number of aryl methyl sites for hydroxylation is 1. The Morgan fingerprint density at radius 3 is 2.47 bits per heavy atom. The highest BCUT2D eigenvalue weighted by molar-refractivity contribution is 5.92. The standard InChI is InChI=1S/C26H30F4N4O2/c1-15(17-7-6-8-19(23(17)27)26(28,29)30)31-24-18-11-22(36-14-25(9-10-25)13-34(3)4)21(35-5)12-20(18)32-16(2)33-24/h6-8,11-12,15H,9-10,13-14H2,1-5H3,(H,31,32,33)/t15-/m1/s1. The lowest BCUT2D eigenvalue weighted by atomic mass is 10.0. The SMILES string of the molecule is COc1cc2nc(C)nc(N[C@H](C)c3cccc(C(F)(F)F)c3F)c2cc1OCC1(CN(C)C)CC1. The molecule has 0 aliphatic heterocycles. The molecule has 6 nitrogen and oxygen atoms in total. The first kappa shape index (κ1) is 25.9. The van der Waals surface area contributed by atoms with Crippen LogP contribution in [0.1, 0.15) is 42.8 Å². The van der Waals surface area contributed by atoms with Gasteiger partial charge in [-0.1, -0.05) is 12.1 Å². The Morgan fingerprint density at radius 2 is 1.86 bits per heavy atom. The highest BCUT2D eigenvalue weighted by Gasteiger charge is 2.44. The molecule has 1 aromatic heterocycles. The third-order valence-corrected chi connectivity index (χ3v) is 6.39. The Kier molecular flexibility index (Phi) is 7.01. The van der Waals surface area contributed by atoms with E-state index in [1.165, 1.54) is 12.1 Å². The molecule has 0 saturated heterocycles. The van der Waals surface area contributed by atoms with Crippen LogP contribution in [0, 0.1) is 18.2 Å². The van der Waals surface area contributed by atoms with Gasteiger partial charge in [0.2, 0.25) is 0 Å². The molecular formula is C26H30F4N4O2. The second-order valence-electron chi connectivity index (χ2n) is 9.74. The van der Waals surface area contributed by atoms with Gasteiger partial charge in [-0.15, -0.1) is 0 Å². The quantitative estimate of drug-likeness (QED) is 0.360. The number of benzene rings is 2. The van der Waals surface area contributed by atoms with Crippen molar-refractivity contribution in [2.75, 3.05) is 39.7 Å². The molecule has 1 saturated carbocycles. The number of ether oxygens (including phenoxy) is 2. The summed E-state index contributed by atoms with van der Waals surface area (Å²) in [7, 11) is 5.61. The van der Waals surface area contributed by atoms with E-state index in [1.807, 2.05) is 14.1 Å². The molecule has 3 aromatic rings. The minimum atomic E-state index is -4.79. The first-order valence-corrected chi connectivity index (χ1v) is 11.7. The number of rotatable bonds is 9. The van der Waals surface area contributed by atoms with Crippen LogP contribution in [0.3, 0.4) is 0 Å². The molecule has 194 valence electrons. The number of methoxy groups -OCH3 is 1. The lowest BCUT2D eigenvalue weighted by Gasteiger charge is -2.22. The Morgan fingerprint density at radius 1 is 1.14 bits per heavy atom. The third kappa shape index (κ3) is 5.48.